The van der Waals surface area contributed by atoms with Gasteiger partial charge in [-0.15, -0.1) is 0 Å². The largest absolute Gasteiger partial charge is 0.461 e. The predicted molar refractivity (Wildman–Crippen MR) is 104 cm³/mol. The molecule has 4 rings (SSSR count). The van der Waals surface area contributed by atoms with Gasteiger partial charge >= 0.3 is 5.97 Å². The van der Waals surface area contributed by atoms with Crippen LogP contribution in [-0.2, 0) is 16.0 Å². The first-order valence-electron chi connectivity index (χ1n) is 9.91. The lowest BCUT2D eigenvalue weighted by Crippen LogP contribution is -2.38. The molecule has 0 aromatic heterocycles. The molecule has 0 bridgehead atoms. The minimum atomic E-state index is -0.0532. The molecule has 1 aliphatic heterocycles. The molecule has 1 fully saturated rings. The van der Waals surface area contributed by atoms with Crippen LogP contribution in [0.1, 0.15) is 38.7 Å². The summed E-state index contributed by atoms with van der Waals surface area (Å²) in [6, 6.07) is 10.5. The number of allylic oxidation sites excluding steroid dienone is 3. The zero-order chi connectivity index (χ0) is 18.1. The molecule has 1 saturated heterocycles. The smallest absolute Gasteiger partial charge is 0.311 e. The Morgan fingerprint density at radius 2 is 2.08 bits per heavy atom. The van der Waals surface area contributed by atoms with Gasteiger partial charge in [0.2, 0.25) is 0 Å². The molecule has 4 atom stereocenters. The number of fused-ring (bicyclic) bond motifs is 2. The highest BCUT2D eigenvalue weighted by molar-refractivity contribution is 5.76. The topological polar surface area (TPSA) is 38.3 Å². The summed E-state index contributed by atoms with van der Waals surface area (Å²) in [5.74, 6) is 0.145. The molecule has 138 valence electrons. The lowest BCUT2D eigenvalue weighted by molar-refractivity contribution is -0.145. The number of benzene rings is 1. The molecule has 1 aromatic carbocycles. The van der Waals surface area contributed by atoms with Crippen LogP contribution in [0.2, 0.25) is 0 Å². The van der Waals surface area contributed by atoms with Crippen molar-refractivity contribution in [1.29, 1.82) is 0 Å². The Hall–Kier alpha value is -1.87. The van der Waals surface area contributed by atoms with Crippen LogP contribution in [0.3, 0.4) is 0 Å². The van der Waals surface area contributed by atoms with Crippen molar-refractivity contribution in [3.63, 3.8) is 0 Å². The monoisotopic (exact) mass is 351 g/mol. The van der Waals surface area contributed by atoms with Gasteiger partial charge in [0.1, 0.15) is 6.10 Å². The Morgan fingerprint density at radius 3 is 2.88 bits per heavy atom. The van der Waals surface area contributed by atoms with Gasteiger partial charge in [-0.25, -0.2) is 0 Å². The standard InChI is InChI=1S/C23H29NO2/c1-16-7-6-11-23(2)14-21-18(13-20(16)23)19(22(25)26-21)15-24-12-10-17-8-4-3-5-9-17/h3-5,7-9,13,18-19,21,24H,6,10-12,14-15H2,1-2H3. The molecule has 3 nitrogen and oxygen atoms in total. The maximum Gasteiger partial charge on any atom is 0.311 e. The van der Waals surface area contributed by atoms with E-state index in [2.05, 4.69) is 55.6 Å². The third kappa shape index (κ3) is 3.25. The van der Waals surface area contributed by atoms with Crippen LogP contribution in [0.25, 0.3) is 0 Å². The molecular formula is C23H29NO2. The molecule has 1 aromatic rings. The second-order valence-electron chi connectivity index (χ2n) is 8.37. The van der Waals surface area contributed by atoms with E-state index in [1.54, 1.807) is 0 Å². The Balaban J connectivity index is 1.42. The number of carbonyl (C=O) groups is 1. The van der Waals surface area contributed by atoms with Crippen molar-refractivity contribution in [1.82, 2.24) is 5.32 Å². The zero-order valence-electron chi connectivity index (χ0n) is 15.8. The van der Waals surface area contributed by atoms with E-state index in [0.717, 1.165) is 32.2 Å². The highest BCUT2D eigenvalue weighted by atomic mass is 16.6. The molecule has 0 amide bonds. The number of esters is 1. The summed E-state index contributed by atoms with van der Waals surface area (Å²) in [5.41, 5.74) is 4.35. The van der Waals surface area contributed by atoms with Crippen molar-refractivity contribution in [2.24, 2.45) is 17.3 Å². The van der Waals surface area contributed by atoms with Crippen LogP contribution in [-0.4, -0.2) is 25.2 Å². The van der Waals surface area contributed by atoms with E-state index in [-0.39, 0.29) is 29.3 Å². The summed E-state index contributed by atoms with van der Waals surface area (Å²) in [7, 11) is 0. The fourth-order valence-corrected chi connectivity index (χ4v) is 5.00. The molecule has 0 radical (unpaired) electrons. The minimum Gasteiger partial charge on any atom is -0.461 e. The van der Waals surface area contributed by atoms with Crippen LogP contribution < -0.4 is 5.32 Å². The van der Waals surface area contributed by atoms with Crippen LogP contribution >= 0.6 is 0 Å². The van der Waals surface area contributed by atoms with E-state index in [1.165, 1.54) is 16.7 Å². The van der Waals surface area contributed by atoms with Crippen molar-refractivity contribution in [2.75, 3.05) is 13.1 Å². The van der Waals surface area contributed by atoms with Crippen molar-refractivity contribution < 1.29 is 9.53 Å². The number of hydrogen-bond donors (Lipinski definition) is 1. The van der Waals surface area contributed by atoms with E-state index in [9.17, 15) is 4.79 Å². The third-order valence-corrected chi connectivity index (χ3v) is 6.49. The van der Waals surface area contributed by atoms with E-state index in [4.69, 9.17) is 4.74 Å². The van der Waals surface area contributed by atoms with Gasteiger partial charge in [0, 0.05) is 12.5 Å². The molecule has 4 unspecified atom stereocenters. The normalized spacial score (nSPS) is 33.0. The van der Waals surface area contributed by atoms with E-state index < -0.39 is 0 Å². The molecule has 2 aliphatic carbocycles. The summed E-state index contributed by atoms with van der Waals surface area (Å²) in [6.45, 7) is 6.15. The van der Waals surface area contributed by atoms with Gasteiger partial charge in [0.15, 0.2) is 0 Å². The van der Waals surface area contributed by atoms with Crippen molar-refractivity contribution in [3.05, 3.63) is 59.2 Å². The highest BCUT2D eigenvalue weighted by Gasteiger charge is 2.50. The second kappa shape index (κ2) is 7.03. The average Bonchev–Trinajstić information content (AvgIpc) is 2.92. The fourth-order valence-electron chi connectivity index (χ4n) is 5.00. The van der Waals surface area contributed by atoms with Crippen LogP contribution in [0.5, 0.6) is 0 Å². The highest BCUT2D eigenvalue weighted by Crippen LogP contribution is 2.52. The molecular weight excluding hydrogens is 322 g/mol. The van der Waals surface area contributed by atoms with Crippen molar-refractivity contribution in [2.45, 2.75) is 45.6 Å². The number of hydrogen-bond acceptors (Lipinski definition) is 3. The Bertz CT molecular complexity index is 736. The fraction of sp³-hybridized carbons (Fsp3) is 0.522. The first-order valence-corrected chi connectivity index (χ1v) is 9.91. The van der Waals surface area contributed by atoms with E-state index in [1.807, 2.05) is 6.07 Å². The van der Waals surface area contributed by atoms with Gasteiger partial charge in [-0.05, 0) is 55.7 Å². The molecule has 26 heavy (non-hydrogen) atoms. The lowest BCUT2D eigenvalue weighted by Gasteiger charge is -2.42. The average molecular weight is 351 g/mol. The lowest BCUT2D eigenvalue weighted by atomic mass is 9.62. The van der Waals surface area contributed by atoms with Crippen LogP contribution in [0.4, 0.5) is 0 Å². The number of carbonyl (C=O) groups excluding carboxylic acids is 1. The summed E-state index contributed by atoms with van der Waals surface area (Å²) in [5, 5.41) is 3.49. The Kier molecular flexibility index (Phi) is 4.74. The quantitative estimate of drug-likeness (QED) is 0.642. The van der Waals surface area contributed by atoms with Gasteiger partial charge in [-0.2, -0.15) is 0 Å². The maximum atomic E-state index is 12.5. The summed E-state index contributed by atoms with van der Waals surface area (Å²) < 4.78 is 5.80. The summed E-state index contributed by atoms with van der Waals surface area (Å²) >= 11 is 0. The van der Waals surface area contributed by atoms with Gasteiger partial charge in [-0.3, -0.25) is 4.79 Å². The number of nitrogens with one attached hydrogen (secondary N) is 1. The third-order valence-electron chi connectivity index (χ3n) is 6.49. The molecule has 1 heterocycles. The van der Waals surface area contributed by atoms with Gasteiger partial charge in [0.25, 0.3) is 0 Å². The number of rotatable bonds is 5. The molecule has 3 aliphatic rings. The molecule has 3 heteroatoms. The van der Waals surface area contributed by atoms with E-state index in [0.29, 0.717) is 6.54 Å². The van der Waals surface area contributed by atoms with Gasteiger partial charge in [-0.1, -0.05) is 55.0 Å². The maximum absolute atomic E-state index is 12.5. The van der Waals surface area contributed by atoms with Gasteiger partial charge in [0.05, 0.1) is 5.92 Å². The van der Waals surface area contributed by atoms with Crippen molar-refractivity contribution >= 4 is 5.97 Å². The second-order valence-corrected chi connectivity index (χ2v) is 8.37. The minimum absolute atomic E-state index is 0.0204. The molecule has 0 spiro atoms. The Labute approximate surface area is 156 Å². The summed E-state index contributed by atoms with van der Waals surface area (Å²) in [6.07, 6.45) is 9.03. The summed E-state index contributed by atoms with van der Waals surface area (Å²) in [4.78, 5) is 12.5. The van der Waals surface area contributed by atoms with Crippen molar-refractivity contribution in [3.8, 4) is 0 Å². The Morgan fingerprint density at radius 1 is 1.27 bits per heavy atom. The number of ether oxygens (including phenoxy) is 1. The first-order chi connectivity index (χ1) is 12.6. The van der Waals surface area contributed by atoms with E-state index >= 15 is 0 Å². The van der Waals surface area contributed by atoms with Gasteiger partial charge < -0.3 is 10.1 Å². The van der Waals surface area contributed by atoms with Crippen LogP contribution in [0, 0.1) is 17.3 Å². The SMILES string of the molecule is CC1=CCCC2(C)CC3OC(=O)C(CNCCc4ccccc4)C3C=C12. The first kappa shape index (κ1) is 17.5. The zero-order valence-corrected chi connectivity index (χ0v) is 15.8. The van der Waals surface area contributed by atoms with Crippen LogP contribution in [0.15, 0.2) is 53.6 Å². The predicted octanol–water partition coefficient (Wildman–Crippen LogP) is 4.05. The molecule has 0 saturated carbocycles. The molecule has 1 N–H and O–H groups in total.